The summed E-state index contributed by atoms with van der Waals surface area (Å²) in [6.45, 7) is 8.15. The molecule has 2 atom stereocenters. The number of esters is 1. The molecule has 0 heterocycles. The summed E-state index contributed by atoms with van der Waals surface area (Å²) in [5.74, 6) is -1.02. The number of alkyl carbamates (subject to hydrolysis) is 1. The molecule has 0 radical (unpaired) electrons. The van der Waals surface area contributed by atoms with Crippen molar-refractivity contribution in [1.29, 1.82) is 0 Å². The van der Waals surface area contributed by atoms with E-state index in [4.69, 9.17) is 26.7 Å². The van der Waals surface area contributed by atoms with E-state index in [0.29, 0.717) is 45.2 Å². The van der Waals surface area contributed by atoms with E-state index in [1.54, 1.807) is 20.8 Å². The number of hydrogen-bond acceptors (Lipinski definition) is 7. The van der Waals surface area contributed by atoms with Gasteiger partial charge in [0.2, 0.25) is 5.91 Å². The second-order valence-corrected chi connectivity index (χ2v) is 9.63. The van der Waals surface area contributed by atoms with Crippen LogP contribution in [-0.4, -0.2) is 54.7 Å². The number of aliphatic imine (C=N–C) groups is 1. The number of carbonyl (C=O) groups excluding carboxylic acids is 3. The largest absolute Gasteiger partial charge is 0.459 e. The van der Waals surface area contributed by atoms with Crippen LogP contribution in [0.15, 0.2) is 29.3 Å². The lowest BCUT2D eigenvalue weighted by Crippen LogP contribution is -2.49. The molecule has 1 aromatic rings. The molecule has 0 unspecified atom stereocenters. The minimum absolute atomic E-state index is 0.0226. The molecular weight excluding hydrogens is 464 g/mol. The van der Waals surface area contributed by atoms with Crippen LogP contribution < -0.4 is 27.8 Å². The molecule has 36 heavy (non-hydrogen) atoms. The number of carbonyl (C=O) groups is 3. The number of nitrogens with one attached hydrogen (secondary N) is 2. The van der Waals surface area contributed by atoms with Gasteiger partial charge in [-0.3, -0.25) is 9.79 Å². The second kappa shape index (κ2) is 15.6. The number of unbranched alkanes of at least 4 members (excludes halogenated alkanes) is 1. The lowest BCUT2D eigenvalue weighted by atomic mass is 10.1. The van der Waals surface area contributed by atoms with Crippen molar-refractivity contribution in [2.75, 3.05) is 13.1 Å². The predicted molar refractivity (Wildman–Crippen MR) is 139 cm³/mol. The molecule has 11 heteroatoms. The predicted octanol–water partition coefficient (Wildman–Crippen LogP) is 1.60. The number of nitrogens with zero attached hydrogens (tertiary/aromatic N) is 1. The molecule has 11 nitrogen and oxygen atoms in total. The molecule has 2 amide bonds. The number of guanidine groups is 1. The third-order valence-corrected chi connectivity index (χ3v) is 4.99. The van der Waals surface area contributed by atoms with Crippen molar-refractivity contribution in [3.05, 3.63) is 35.4 Å². The Morgan fingerprint density at radius 1 is 1.03 bits per heavy atom. The summed E-state index contributed by atoms with van der Waals surface area (Å²) in [5.41, 5.74) is 17.9. The SMILES string of the molecule is Cc1ccc(COC(=O)[C@H](CCCCNC(=O)OC(C)(C)C)NC(=O)[C@@H](N)CCCN=C(N)N)cc1. The van der Waals surface area contributed by atoms with Crippen LogP contribution in [0.2, 0.25) is 0 Å². The van der Waals surface area contributed by atoms with Gasteiger partial charge in [-0.25, -0.2) is 9.59 Å². The summed E-state index contributed by atoms with van der Waals surface area (Å²) in [6.07, 6.45) is 1.84. The third-order valence-electron chi connectivity index (χ3n) is 4.99. The van der Waals surface area contributed by atoms with Crippen LogP contribution in [0, 0.1) is 6.92 Å². The number of rotatable bonds is 14. The van der Waals surface area contributed by atoms with Gasteiger partial charge in [0.05, 0.1) is 6.04 Å². The van der Waals surface area contributed by atoms with Gasteiger partial charge in [-0.2, -0.15) is 0 Å². The highest BCUT2D eigenvalue weighted by molar-refractivity contribution is 5.87. The van der Waals surface area contributed by atoms with Crippen LogP contribution in [0.5, 0.6) is 0 Å². The molecule has 0 aliphatic carbocycles. The Bertz CT molecular complexity index is 863. The summed E-state index contributed by atoms with van der Waals surface area (Å²) in [4.78, 5) is 41.0. The molecule has 1 aromatic carbocycles. The topological polar surface area (TPSA) is 184 Å². The molecule has 1 rings (SSSR count). The Kier molecular flexibility index (Phi) is 13.3. The smallest absolute Gasteiger partial charge is 0.407 e. The van der Waals surface area contributed by atoms with E-state index < -0.39 is 35.7 Å². The second-order valence-electron chi connectivity index (χ2n) is 9.63. The summed E-state index contributed by atoms with van der Waals surface area (Å²) >= 11 is 0. The number of hydrogen-bond donors (Lipinski definition) is 5. The van der Waals surface area contributed by atoms with E-state index in [-0.39, 0.29) is 12.6 Å². The Morgan fingerprint density at radius 3 is 2.31 bits per heavy atom. The first kappa shape index (κ1) is 30.7. The van der Waals surface area contributed by atoms with Crippen LogP contribution in [0.3, 0.4) is 0 Å². The van der Waals surface area contributed by atoms with E-state index in [1.807, 2.05) is 31.2 Å². The van der Waals surface area contributed by atoms with Gasteiger partial charge in [0, 0.05) is 13.1 Å². The summed E-state index contributed by atoms with van der Waals surface area (Å²) in [6, 6.07) is 5.94. The average Bonchev–Trinajstić information content (AvgIpc) is 2.78. The molecule has 8 N–H and O–H groups in total. The Balaban J connectivity index is 2.62. The summed E-state index contributed by atoms with van der Waals surface area (Å²) < 4.78 is 10.7. The van der Waals surface area contributed by atoms with Gasteiger partial charge in [-0.05, 0) is 65.4 Å². The fraction of sp³-hybridized carbons (Fsp3) is 0.600. The van der Waals surface area contributed by atoms with Gasteiger partial charge >= 0.3 is 12.1 Å². The van der Waals surface area contributed by atoms with Gasteiger partial charge < -0.3 is 37.3 Å². The standard InChI is InChI=1S/C25H42N6O5/c1-17-10-12-18(13-11-17)16-35-22(33)20(9-5-6-14-30-24(34)36-25(2,3)4)31-21(32)19(26)8-7-15-29-23(27)28/h10-13,19-20H,5-9,14-16,26H2,1-4H3,(H,30,34)(H,31,32)(H4,27,28,29)/t19-,20-/m0/s1. The Labute approximate surface area is 213 Å². The van der Waals surface area contributed by atoms with Crippen LogP contribution in [-0.2, 0) is 25.7 Å². The van der Waals surface area contributed by atoms with E-state index in [0.717, 1.165) is 11.1 Å². The maximum Gasteiger partial charge on any atom is 0.407 e. The fourth-order valence-corrected chi connectivity index (χ4v) is 3.10. The fourth-order valence-electron chi connectivity index (χ4n) is 3.10. The van der Waals surface area contributed by atoms with Crippen molar-refractivity contribution >= 4 is 23.9 Å². The first-order valence-corrected chi connectivity index (χ1v) is 12.2. The summed E-state index contributed by atoms with van der Waals surface area (Å²) in [7, 11) is 0. The molecule has 0 bridgehead atoms. The number of benzene rings is 1. The molecule has 0 aromatic heterocycles. The summed E-state index contributed by atoms with van der Waals surface area (Å²) in [5, 5.41) is 5.38. The molecule has 0 aliphatic rings. The highest BCUT2D eigenvalue weighted by Crippen LogP contribution is 2.10. The van der Waals surface area contributed by atoms with Crippen molar-refractivity contribution in [3.63, 3.8) is 0 Å². The van der Waals surface area contributed by atoms with Gasteiger partial charge in [0.15, 0.2) is 5.96 Å². The van der Waals surface area contributed by atoms with Crippen molar-refractivity contribution < 1.29 is 23.9 Å². The zero-order chi connectivity index (χ0) is 27.1. The molecule has 0 saturated carbocycles. The van der Waals surface area contributed by atoms with E-state index >= 15 is 0 Å². The van der Waals surface area contributed by atoms with E-state index in [1.165, 1.54) is 0 Å². The molecule has 202 valence electrons. The average molecular weight is 507 g/mol. The van der Waals surface area contributed by atoms with Crippen LogP contribution >= 0.6 is 0 Å². The van der Waals surface area contributed by atoms with Crippen molar-refractivity contribution in [1.82, 2.24) is 10.6 Å². The minimum atomic E-state index is -0.867. The van der Waals surface area contributed by atoms with E-state index in [9.17, 15) is 14.4 Å². The van der Waals surface area contributed by atoms with Crippen LogP contribution in [0.1, 0.15) is 64.0 Å². The third kappa shape index (κ3) is 14.1. The first-order valence-electron chi connectivity index (χ1n) is 12.2. The normalized spacial score (nSPS) is 12.7. The quantitative estimate of drug-likeness (QED) is 0.109. The lowest BCUT2D eigenvalue weighted by molar-refractivity contribution is -0.149. The highest BCUT2D eigenvalue weighted by Gasteiger charge is 2.25. The zero-order valence-corrected chi connectivity index (χ0v) is 21.8. The van der Waals surface area contributed by atoms with Gasteiger partial charge in [-0.15, -0.1) is 0 Å². The molecule has 0 aliphatic heterocycles. The number of amides is 2. The van der Waals surface area contributed by atoms with E-state index in [2.05, 4.69) is 15.6 Å². The number of aryl methyl sites for hydroxylation is 1. The Hall–Kier alpha value is -3.34. The Morgan fingerprint density at radius 2 is 1.69 bits per heavy atom. The minimum Gasteiger partial charge on any atom is -0.459 e. The maximum absolute atomic E-state index is 12.8. The van der Waals surface area contributed by atoms with Gasteiger partial charge in [0.1, 0.15) is 18.2 Å². The molecule has 0 spiro atoms. The highest BCUT2D eigenvalue weighted by atomic mass is 16.6. The van der Waals surface area contributed by atoms with Crippen molar-refractivity contribution in [2.45, 2.75) is 84.1 Å². The van der Waals surface area contributed by atoms with Gasteiger partial charge in [-0.1, -0.05) is 29.8 Å². The van der Waals surface area contributed by atoms with Crippen molar-refractivity contribution in [3.8, 4) is 0 Å². The monoisotopic (exact) mass is 506 g/mol. The lowest BCUT2D eigenvalue weighted by Gasteiger charge is -2.21. The molecule has 0 fully saturated rings. The maximum atomic E-state index is 12.8. The van der Waals surface area contributed by atoms with Crippen LogP contribution in [0.25, 0.3) is 0 Å². The first-order chi connectivity index (χ1) is 16.9. The van der Waals surface area contributed by atoms with Gasteiger partial charge in [0.25, 0.3) is 0 Å². The zero-order valence-electron chi connectivity index (χ0n) is 21.8. The van der Waals surface area contributed by atoms with Crippen LogP contribution in [0.4, 0.5) is 4.79 Å². The number of ether oxygens (including phenoxy) is 2. The van der Waals surface area contributed by atoms with Crippen molar-refractivity contribution in [2.24, 2.45) is 22.2 Å². The number of nitrogens with two attached hydrogens (primary N) is 3. The molecular formula is C25H42N6O5. The molecule has 0 saturated heterocycles.